The Balaban J connectivity index is 2.31. The zero-order chi connectivity index (χ0) is 15.4. The van der Waals surface area contributed by atoms with E-state index in [0.717, 1.165) is 22.8 Å². The lowest BCUT2D eigenvalue weighted by Gasteiger charge is -2.41. The minimum Gasteiger partial charge on any atom is -0.453 e. The number of piperazine rings is 1. The van der Waals surface area contributed by atoms with Crippen molar-refractivity contribution in [3.8, 4) is 0 Å². The lowest BCUT2D eigenvalue weighted by Crippen LogP contribution is -2.51. The van der Waals surface area contributed by atoms with Crippen molar-refractivity contribution in [1.29, 1.82) is 0 Å². The molecule has 1 amide bonds. The second kappa shape index (κ2) is 7.09. The molecule has 0 spiro atoms. The van der Waals surface area contributed by atoms with Crippen LogP contribution in [0.2, 0.25) is 6.55 Å². The van der Waals surface area contributed by atoms with Crippen molar-refractivity contribution in [3.05, 3.63) is 35.4 Å². The molecule has 1 saturated heterocycles. The number of amides is 1. The fourth-order valence-electron chi connectivity index (χ4n) is 2.95. The molecular weight excluding hydrogens is 280 g/mol. The summed E-state index contributed by atoms with van der Waals surface area (Å²) in [5.74, 6) is 0.483. The Morgan fingerprint density at radius 2 is 2.05 bits per heavy atom. The van der Waals surface area contributed by atoms with Crippen LogP contribution in [0.1, 0.15) is 36.9 Å². The molecular formula is C16H24N2O2Si. The molecule has 1 aromatic carbocycles. The van der Waals surface area contributed by atoms with Crippen LogP contribution < -0.4 is 0 Å². The number of benzene rings is 1. The van der Waals surface area contributed by atoms with Crippen molar-refractivity contribution in [2.45, 2.75) is 32.4 Å². The van der Waals surface area contributed by atoms with E-state index in [9.17, 15) is 4.79 Å². The summed E-state index contributed by atoms with van der Waals surface area (Å²) in [5, 5.41) is 0. The molecule has 21 heavy (non-hydrogen) atoms. The van der Waals surface area contributed by atoms with Crippen molar-refractivity contribution in [3.63, 3.8) is 0 Å². The van der Waals surface area contributed by atoms with Gasteiger partial charge in [0.25, 0.3) is 0 Å². The molecule has 0 aromatic heterocycles. The van der Waals surface area contributed by atoms with E-state index in [1.54, 1.807) is 0 Å². The number of methoxy groups -OCH3 is 1. The third-order valence-corrected chi connectivity index (χ3v) is 5.19. The van der Waals surface area contributed by atoms with E-state index in [0.29, 0.717) is 12.5 Å². The maximum atomic E-state index is 11.8. The van der Waals surface area contributed by atoms with E-state index < -0.39 is 0 Å². The molecule has 1 aromatic rings. The van der Waals surface area contributed by atoms with Gasteiger partial charge in [-0.15, -0.1) is 0 Å². The SMILES string of the molecule is COC(=O)N1CCN([Si]C)C(c2ccccc2C(C)C)C1. The number of hydrogen-bond donors (Lipinski definition) is 0. The lowest BCUT2D eigenvalue weighted by molar-refractivity contribution is 0.0897. The summed E-state index contributed by atoms with van der Waals surface area (Å²) in [6, 6.07) is 8.86. The molecule has 0 N–H and O–H groups in total. The van der Waals surface area contributed by atoms with Crippen molar-refractivity contribution < 1.29 is 9.53 Å². The standard InChI is InChI=1S/C16H24N2O2Si/c1-12(2)13-7-5-6-8-14(13)15-11-17(16(19)20-3)9-10-18(15)21-4/h5-8,12,15H,9-11H2,1-4H3. The molecule has 0 aliphatic carbocycles. The van der Waals surface area contributed by atoms with Crippen molar-refractivity contribution >= 4 is 15.8 Å². The number of nitrogens with zero attached hydrogens (tertiary/aromatic N) is 2. The third-order valence-electron chi connectivity index (χ3n) is 4.08. The topological polar surface area (TPSA) is 32.8 Å². The van der Waals surface area contributed by atoms with Crippen LogP contribution in [0.25, 0.3) is 0 Å². The number of rotatable bonds is 3. The molecule has 1 heterocycles. The predicted octanol–water partition coefficient (Wildman–Crippen LogP) is 2.90. The van der Waals surface area contributed by atoms with E-state index in [1.807, 2.05) is 4.90 Å². The molecule has 5 heteroatoms. The van der Waals surface area contributed by atoms with Crippen LogP contribution in [0.4, 0.5) is 4.79 Å². The van der Waals surface area contributed by atoms with Crippen LogP contribution in [0.3, 0.4) is 0 Å². The van der Waals surface area contributed by atoms with Gasteiger partial charge < -0.3 is 14.2 Å². The molecule has 114 valence electrons. The van der Waals surface area contributed by atoms with Gasteiger partial charge in [0, 0.05) is 25.7 Å². The summed E-state index contributed by atoms with van der Waals surface area (Å²) >= 11 is 0. The molecule has 4 nitrogen and oxygen atoms in total. The van der Waals surface area contributed by atoms with Crippen molar-refractivity contribution in [2.24, 2.45) is 0 Å². The average molecular weight is 304 g/mol. The van der Waals surface area contributed by atoms with Crippen LogP contribution in [-0.2, 0) is 4.74 Å². The summed E-state index contributed by atoms with van der Waals surface area (Å²) in [4.78, 5) is 13.7. The Hall–Kier alpha value is -1.33. The molecule has 1 aliphatic rings. The first-order chi connectivity index (χ1) is 10.1. The van der Waals surface area contributed by atoms with Gasteiger partial charge in [-0.25, -0.2) is 4.79 Å². The maximum absolute atomic E-state index is 11.8. The maximum Gasteiger partial charge on any atom is 0.409 e. The molecule has 1 aliphatic heterocycles. The van der Waals surface area contributed by atoms with Gasteiger partial charge in [0.05, 0.1) is 7.11 Å². The van der Waals surface area contributed by atoms with Crippen molar-refractivity contribution in [2.75, 3.05) is 26.7 Å². The van der Waals surface area contributed by atoms with Gasteiger partial charge in [-0.1, -0.05) is 44.7 Å². The molecule has 2 radical (unpaired) electrons. The van der Waals surface area contributed by atoms with Crippen LogP contribution in [0.15, 0.2) is 24.3 Å². The van der Waals surface area contributed by atoms with E-state index in [2.05, 4.69) is 49.2 Å². The second-order valence-corrected chi connectivity index (χ2v) is 6.65. The number of ether oxygens (including phenoxy) is 1. The van der Waals surface area contributed by atoms with Crippen molar-refractivity contribution in [1.82, 2.24) is 9.47 Å². The molecule has 1 fully saturated rings. The molecule has 0 bridgehead atoms. The molecule has 1 unspecified atom stereocenters. The van der Waals surface area contributed by atoms with Gasteiger partial charge in [0.1, 0.15) is 9.68 Å². The van der Waals surface area contributed by atoms with E-state index in [4.69, 9.17) is 4.74 Å². The second-order valence-electron chi connectivity index (χ2n) is 5.63. The summed E-state index contributed by atoms with van der Waals surface area (Å²) in [5.41, 5.74) is 2.72. The first-order valence-electron chi connectivity index (χ1n) is 7.44. The molecule has 2 rings (SSSR count). The van der Waals surface area contributed by atoms with Gasteiger partial charge >= 0.3 is 6.09 Å². The minimum atomic E-state index is -0.221. The highest BCUT2D eigenvalue weighted by atomic mass is 28.2. The highest BCUT2D eigenvalue weighted by Gasteiger charge is 2.31. The Kier molecular flexibility index (Phi) is 5.42. The van der Waals surface area contributed by atoms with Crippen LogP contribution in [0, 0.1) is 0 Å². The first kappa shape index (κ1) is 16.0. The summed E-state index contributed by atoms with van der Waals surface area (Å²) in [6.07, 6.45) is -0.221. The normalized spacial score (nSPS) is 19.9. The number of hydrogen-bond acceptors (Lipinski definition) is 3. The number of carbonyl (C=O) groups excluding carboxylic acids is 1. The first-order valence-corrected chi connectivity index (χ1v) is 8.89. The smallest absolute Gasteiger partial charge is 0.409 e. The molecule has 0 saturated carbocycles. The Morgan fingerprint density at radius 3 is 2.67 bits per heavy atom. The largest absolute Gasteiger partial charge is 0.453 e. The quantitative estimate of drug-likeness (QED) is 0.805. The predicted molar refractivity (Wildman–Crippen MR) is 85.6 cm³/mol. The summed E-state index contributed by atoms with van der Waals surface area (Å²) in [7, 11) is 2.19. The average Bonchev–Trinajstić information content (AvgIpc) is 2.53. The zero-order valence-electron chi connectivity index (χ0n) is 13.3. The van der Waals surface area contributed by atoms with Crippen LogP contribution in [-0.4, -0.2) is 52.0 Å². The Labute approximate surface area is 130 Å². The summed E-state index contributed by atoms with van der Waals surface area (Å²) < 4.78 is 7.36. The molecule has 1 atom stereocenters. The van der Waals surface area contributed by atoms with Crippen LogP contribution >= 0.6 is 0 Å². The Morgan fingerprint density at radius 1 is 1.33 bits per heavy atom. The lowest BCUT2D eigenvalue weighted by atomic mass is 9.92. The van der Waals surface area contributed by atoms with Crippen LogP contribution in [0.5, 0.6) is 0 Å². The monoisotopic (exact) mass is 304 g/mol. The van der Waals surface area contributed by atoms with Gasteiger partial charge in [-0.3, -0.25) is 0 Å². The van der Waals surface area contributed by atoms with E-state index >= 15 is 0 Å². The Bertz CT molecular complexity index is 493. The van der Waals surface area contributed by atoms with Gasteiger partial charge in [-0.05, 0) is 17.0 Å². The van der Waals surface area contributed by atoms with Gasteiger partial charge in [0.2, 0.25) is 0 Å². The fourth-order valence-corrected chi connectivity index (χ4v) is 3.81. The fraction of sp³-hybridized carbons (Fsp3) is 0.562. The van der Waals surface area contributed by atoms with E-state index in [1.165, 1.54) is 18.2 Å². The van der Waals surface area contributed by atoms with Gasteiger partial charge in [0.15, 0.2) is 0 Å². The van der Waals surface area contributed by atoms with E-state index in [-0.39, 0.29) is 12.1 Å². The highest BCUT2D eigenvalue weighted by Crippen LogP contribution is 2.31. The highest BCUT2D eigenvalue weighted by molar-refractivity contribution is 6.30. The third kappa shape index (κ3) is 3.47. The zero-order valence-corrected chi connectivity index (χ0v) is 14.3. The summed E-state index contributed by atoms with van der Waals surface area (Å²) in [6.45, 7) is 9.00. The van der Waals surface area contributed by atoms with Gasteiger partial charge in [-0.2, -0.15) is 0 Å². The number of carbonyl (C=O) groups is 1. The minimum absolute atomic E-state index is 0.221.